The van der Waals surface area contributed by atoms with Crippen molar-refractivity contribution >= 4 is 6.60 Å². The van der Waals surface area contributed by atoms with Crippen LogP contribution in [0.25, 0.3) is 0 Å². The number of rotatable bonds is 4. The van der Waals surface area contributed by atoms with Gasteiger partial charge in [-0.05, 0) is 0 Å². The third-order valence-electron chi connectivity index (χ3n) is 11.3. The molecule has 0 radical (unpaired) electrons. The van der Waals surface area contributed by atoms with E-state index in [-0.39, 0.29) is 5.41 Å². The average Bonchev–Trinajstić information content (AvgIpc) is 2.94. The van der Waals surface area contributed by atoms with Crippen LogP contribution in [-0.4, -0.2) is 23.6 Å². The maximum atomic E-state index is 3.04. The molecule has 3 fully saturated rings. The summed E-state index contributed by atoms with van der Waals surface area (Å²) < 4.78 is 0. The van der Waals surface area contributed by atoms with Crippen LogP contribution in [0.1, 0.15) is 131 Å². The van der Waals surface area contributed by atoms with E-state index in [1.54, 1.807) is 55.2 Å². The van der Waals surface area contributed by atoms with E-state index in [9.17, 15) is 0 Å². The standard InChI is InChI=1S/C29H51P/c1-22-23(2)28(29(4,5)24(22)3)30(6,25-16-10-7-11-17-25,26-18-12-8-13-19-26)27-20-14-9-15-21-27/h25-27H,7-21H2,1-6H3. The molecule has 0 bridgehead atoms. The van der Waals surface area contributed by atoms with Crippen molar-refractivity contribution in [1.29, 1.82) is 0 Å². The molecule has 0 atom stereocenters. The van der Waals surface area contributed by atoms with Crippen LogP contribution in [0.15, 0.2) is 22.0 Å². The SMILES string of the molecule is CC1=C(C)C(C)(C)C(P(C)(C2CCCCC2)(C2CCCCC2)C2CCCCC2)=C1C. The first-order valence-electron chi connectivity index (χ1n) is 13.6. The molecule has 0 heterocycles. The van der Waals surface area contributed by atoms with E-state index < -0.39 is 6.60 Å². The van der Waals surface area contributed by atoms with Gasteiger partial charge >= 0.3 is 189 Å². The number of allylic oxidation sites excluding steroid dienone is 4. The van der Waals surface area contributed by atoms with Gasteiger partial charge in [0.05, 0.1) is 0 Å². The summed E-state index contributed by atoms with van der Waals surface area (Å²) in [6, 6.07) is 0. The Bertz CT molecular complexity index is 654. The van der Waals surface area contributed by atoms with Gasteiger partial charge in [0.1, 0.15) is 0 Å². The molecule has 0 saturated heterocycles. The topological polar surface area (TPSA) is 0 Å². The Morgan fingerprint density at radius 1 is 0.567 bits per heavy atom. The molecule has 4 aliphatic rings. The molecule has 0 aromatic heterocycles. The van der Waals surface area contributed by atoms with E-state index in [0.29, 0.717) is 0 Å². The molecule has 0 aromatic rings. The summed E-state index contributed by atoms with van der Waals surface area (Å²) in [7, 11) is 0. The van der Waals surface area contributed by atoms with E-state index in [1.807, 2.05) is 0 Å². The number of hydrogen-bond donors (Lipinski definition) is 0. The molecule has 3 saturated carbocycles. The Hall–Kier alpha value is -0.0900. The third-order valence-corrected chi connectivity index (χ3v) is 20.7. The summed E-state index contributed by atoms with van der Waals surface area (Å²) in [4.78, 5) is 0. The van der Waals surface area contributed by atoms with Gasteiger partial charge in [-0.2, -0.15) is 0 Å². The molecule has 0 amide bonds. The third kappa shape index (κ3) is 3.17. The molecule has 0 aliphatic heterocycles. The Morgan fingerprint density at radius 3 is 1.17 bits per heavy atom. The van der Waals surface area contributed by atoms with Crippen molar-refractivity contribution in [1.82, 2.24) is 0 Å². The predicted molar refractivity (Wildman–Crippen MR) is 138 cm³/mol. The normalized spacial score (nSPS) is 29.3. The number of hydrogen-bond acceptors (Lipinski definition) is 0. The van der Waals surface area contributed by atoms with Crippen LogP contribution in [0.5, 0.6) is 0 Å². The van der Waals surface area contributed by atoms with Crippen molar-refractivity contribution < 1.29 is 0 Å². The fraction of sp³-hybridized carbons (Fsp3) is 0.862. The van der Waals surface area contributed by atoms with Gasteiger partial charge < -0.3 is 0 Å². The Morgan fingerprint density at radius 2 is 0.900 bits per heavy atom. The van der Waals surface area contributed by atoms with E-state index in [0.717, 1.165) is 17.0 Å². The first-order valence-corrected chi connectivity index (χ1v) is 16.5. The van der Waals surface area contributed by atoms with Gasteiger partial charge in [0.2, 0.25) is 0 Å². The summed E-state index contributed by atoms with van der Waals surface area (Å²) in [6.07, 6.45) is 22.8. The Balaban J connectivity index is 2.00. The maximum absolute atomic E-state index is 3.04. The van der Waals surface area contributed by atoms with E-state index in [2.05, 4.69) is 46.6 Å². The molecular formula is C29H51P. The summed E-state index contributed by atoms with van der Waals surface area (Å²) in [5, 5.41) is 2.06. The molecule has 0 aromatic carbocycles. The molecule has 172 valence electrons. The summed E-state index contributed by atoms with van der Waals surface area (Å²) in [5.41, 5.74) is 8.49. The summed E-state index contributed by atoms with van der Waals surface area (Å²) >= 11 is 0. The van der Waals surface area contributed by atoms with Gasteiger partial charge in [-0.3, -0.25) is 0 Å². The van der Waals surface area contributed by atoms with Crippen LogP contribution < -0.4 is 0 Å². The minimum absolute atomic E-state index is 0.285. The van der Waals surface area contributed by atoms with Crippen molar-refractivity contribution in [3.8, 4) is 0 Å². The van der Waals surface area contributed by atoms with Crippen molar-refractivity contribution in [2.75, 3.05) is 6.66 Å². The van der Waals surface area contributed by atoms with E-state index in [4.69, 9.17) is 0 Å². The van der Waals surface area contributed by atoms with E-state index >= 15 is 0 Å². The van der Waals surface area contributed by atoms with Crippen LogP contribution >= 0.6 is 6.60 Å². The minimum atomic E-state index is -2.13. The second-order valence-electron chi connectivity index (χ2n) is 12.6. The molecule has 1 heteroatoms. The van der Waals surface area contributed by atoms with Crippen LogP contribution in [-0.2, 0) is 0 Å². The van der Waals surface area contributed by atoms with Crippen LogP contribution in [0, 0.1) is 5.41 Å². The zero-order chi connectivity index (χ0) is 21.6. The molecule has 30 heavy (non-hydrogen) atoms. The van der Waals surface area contributed by atoms with Crippen molar-refractivity contribution in [2.24, 2.45) is 5.41 Å². The van der Waals surface area contributed by atoms with Gasteiger partial charge in [0, 0.05) is 0 Å². The van der Waals surface area contributed by atoms with Gasteiger partial charge in [0.25, 0.3) is 0 Å². The van der Waals surface area contributed by atoms with Crippen molar-refractivity contribution in [3.63, 3.8) is 0 Å². The predicted octanol–water partition coefficient (Wildman–Crippen LogP) is 9.82. The summed E-state index contributed by atoms with van der Waals surface area (Å²) in [5.74, 6) is 0. The monoisotopic (exact) mass is 430 g/mol. The molecule has 4 aliphatic carbocycles. The molecular weight excluding hydrogens is 379 g/mol. The fourth-order valence-corrected chi connectivity index (χ4v) is 20.4. The quantitative estimate of drug-likeness (QED) is 0.389. The fourth-order valence-electron chi connectivity index (χ4n) is 9.54. The molecule has 0 spiro atoms. The van der Waals surface area contributed by atoms with Gasteiger partial charge in [-0.25, -0.2) is 0 Å². The first-order chi connectivity index (χ1) is 14.2. The average molecular weight is 431 g/mol. The Labute approximate surface area is 188 Å². The summed E-state index contributed by atoms with van der Waals surface area (Å²) in [6.45, 7) is 13.7. The molecule has 0 nitrogen and oxygen atoms in total. The van der Waals surface area contributed by atoms with Crippen LogP contribution in [0.3, 0.4) is 0 Å². The van der Waals surface area contributed by atoms with Crippen LogP contribution in [0.2, 0.25) is 0 Å². The van der Waals surface area contributed by atoms with Crippen molar-refractivity contribution in [2.45, 2.75) is 148 Å². The van der Waals surface area contributed by atoms with Gasteiger partial charge in [-0.15, -0.1) is 0 Å². The van der Waals surface area contributed by atoms with Crippen LogP contribution in [0.4, 0.5) is 0 Å². The zero-order valence-electron chi connectivity index (χ0n) is 21.3. The zero-order valence-corrected chi connectivity index (χ0v) is 22.2. The second-order valence-corrected chi connectivity index (χ2v) is 18.9. The Kier molecular flexibility index (Phi) is 6.43. The van der Waals surface area contributed by atoms with E-state index in [1.165, 1.54) is 57.8 Å². The van der Waals surface area contributed by atoms with Gasteiger partial charge in [0.15, 0.2) is 0 Å². The molecule has 0 unspecified atom stereocenters. The molecule has 4 rings (SSSR count). The van der Waals surface area contributed by atoms with Crippen molar-refractivity contribution in [3.05, 3.63) is 22.0 Å². The molecule has 0 N–H and O–H groups in total. The second kappa shape index (κ2) is 8.36. The van der Waals surface area contributed by atoms with Gasteiger partial charge in [-0.1, -0.05) is 0 Å². The first kappa shape index (κ1) is 23.1.